The second kappa shape index (κ2) is 7.39. The van der Waals surface area contributed by atoms with E-state index in [0.29, 0.717) is 6.54 Å². The highest BCUT2D eigenvalue weighted by Crippen LogP contribution is 2.22. The average molecular weight is 327 g/mol. The maximum Gasteiger partial charge on any atom is 0.0791 e. The molecular formula is C15H23BrN2O. The molecule has 19 heavy (non-hydrogen) atoms. The molecule has 1 saturated heterocycles. The quantitative estimate of drug-likeness (QED) is 0.843. The fraction of sp³-hybridized carbons (Fsp3) is 0.600. The van der Waals surface area contributed by atoms with Crippen LogP contribution in [-0.4, -0.2) is 42.3 Å². The van der Waals surface area contributed by atoms with Crippen LogP contribution in [0.4, 0.5) is 0 Å². The topological polar surface area (TPSA) is 35.5 Å². The normalized spacial score (nSPS) is 19.5. The minimum absolute atomic E-state index is 0.240. The van der Waals surface area contributed by atoms with Gasteiger partial charge in [0.2, 0.25) is 0 Å². The molecule has 2 atom stereocenters. The van der Waals surface area contributed by atoms with Crippen molar-refractivity contribution in [3.05, 3.63) is 34.3 Å². The summed E-state index contributed by atoms with van der Waals surface area (Å²) in [7, 11) is 0. The molecule has 0 aromatic heterocycles. The van der Waals surface area contributed by atoms with E-state index in [1.165, 1.54) is 18.4 Å². The highest BCUT2D eigenvalue weighted by atomic mass is 79.9. The Morgan fingerprint density at radius 2 is 2.00 bits per heavy atom. The third-order valence-corrected chi connectivity index (χ3v) is 4.42. The monoisotopic (exact) mass is 326 g/mol. The lowest BCUT2D eigenvalue weighted by molar-refractivity contribution is 0.121. The number of likely N-dealkylation sites (tertiary alicyclic amines) is 1. The van der Waals surface area contributed by atoms with E-state index in [2.05, 4.69) is 39.1 Å². The van der Waals surface area contributed by atoms with Crippen LogP contribution in [0.2, 0.25) is 0 Å². The first kappa shape index (κ1) is 15.0. The summed E-state index contributed by atoms with van der Waals surface area (Å²) < 4.78 is 1.11. The third-order valence-electron chi connectivity index (χ3n) is 3.70. The van der Waals surface area contributed by atoms with E-state index >= 15 is 0 Å². The van der Waals surface area contributed by atoms with Gasteiger partial charge >= 0.3 is 0 Å². The molecule has 1 fully saturated rings. The van der Waals surface area contributed by atoms with Crippen molar-refractivity contribution >= 4 is 15.9 Å². The summed E-state index contributed by atoms with van der Waals surface area (Å²) in [6.45, 7) is 5.82. The standard InChI is InChI=1S/C15H23BrN2O/c1-12(14-6-2-3-7-15(14)16)17-10-13(19)11-18-8-4-5-9-18/h2-3,6-7,12-13,17,19H,4-5,8-11H2,1H3. The van der Waals surface area contributed by atoms with Crippen molar-refractivity contribution in [3.63, 3.8) is 0 Å². The van der Waals surface area contributed by atoms with E-state index in [4.69, 9.17) is 0 Å². The van der Waals surface area contributed by atoms with Gasteiger partial charge in [-0.1, -0.05) is 34.1 Å². The number of hydrogen-bond acceptors (Lipinski definition) is 3. The van der Waals surface area contributed by atoms with Crippen molar-refractivity contribution in [2.24, 2.45) is 0 Å². The number of rotatable bonds is 6. The molecular weight excluding hydrogens is 304 g/mol. The van der Waals surface area contributed by atoms with Gasteiger partial charge in [-0.3, -0.25) is 0 Å². The van der Waals surface area contributed by atoms with E-state index in [0.717, 1.165) is 24.1 Å². The molecule has 1 aliphatic rings. The SMILES string of the molecule is CC(NCC(O)CN1CCCC1)c1ccccc1Br. The zero-order chi connectivity index (χ0) is 13.7. The van der Waals surface area contributed by atoms with Gasteiger partial charge in [0.15, 0.2) is 0 Å². The third kappa shape index (κ3) is 4.56. The molecule has 2 N–H and O–H groups in total. The van der Waals surface area contributed by atoms with E-state index in [-0.39, 0.29) is 12.1 Å². The minimum atomic E-state index is -0.289. The molecule has 0 spiro atoms. The van der Waals surface area contributed by atoms with Crippen LogP contribution in [0.1, 0.15) is 31.4 Å². The summed E-state index contributed by atoms with van der Waals surface area (Å²) in [4.78, 5) is 2.34. The molecule has 1 aromatic rings. The number of benzene rings is 1. The van der Waals surface area contributed by atoms with Crippen LogP contribution in [-0.2, 0) is 0 Å². The fourth-order valence-electron chi connectivity index (χ4n) is 2.58. The van der Waals surface area contributed by atoms with Crippen LogP contribution < -0.4 is 5.32 Å². The van der Waals surface area contributed by atoms with Crippen molar-refractivity contribution in [1.82, 2.24) is 10.2 Å². The first-order chi connectivity index (χ1) is 9.16. The molecule has 0 saturated carbocycles. The van der Waals surface area contributed by atoms with Gasteiger partial charge in [-0.25, -0.2) is 0 Å². The van der Waals surface area contributed by atoms with Crippen LogP contribution in [0.15, 0.2) is 28.7 Å². The van der Waals surface area contributed by atoms with Gasteiger partial charge in [-0.05, 0) is 44.5 Å². The van der Waals surface area contributed by atoms with Crippen molar-refractivity contribution in [2.45, 2.75) is 31.9 Å². The summed E-state index contributed by atoms with van der Waals surface area (Å²) in [5, 5.41) is 13.5. The van der Waals surface area contributed by atoms with Gasteiger partial charge < -0.3 is 15.3 Å². The minimum Gasteiger partial charge on any atom is -0.390 e. The highest BCUT2D eigenvalue weighted by Gasteiger charge is 2.16. The number of nitrogens with one attached hydrogen (secondary N) is 1. The second-order valence-corrected chi connectivity index (χ2v) is 6.17. The molecule has 0 bridgehead atoms. The zero-order valence-electron chi connectivity index (χ0n) is 11.5. The number of hydrogen-bond donors (Lipinski definition) is 2. The van der Waals surface area contributed by atoms with Gasteiger partial charge in [0, 0.05) is 23.6 Å². The number of aliphatic hydroxyl groups is 1. The Bertz CT molecular complexity index is 393. The number of halogens is 1. The van der Waals surface area contributed by atoms with Crippen molar-refractivity contribution in [1.29, 1.82) is 0 Å². The van der Waals surface area contributed by atoms with E-state index < -0.39 is 0 Å². The lowest BCUT2D eigenvalue weighted by Gasteiger charge is -2.22. The van der Waals surface area contributed by atoms with E-state index in [1.54, 1.807) is 0 Å². The predicted molar refractivity (Wildman–Crippen MR) is 82.2 cm³/mol. The Balaban J connectivity index is 1.76. The second-order valence-electron chi connectivity index (χ2n) is 5.31. The Morgan fingerprint density at radius 1 is 1.32 bits per heavy atom. The molecule has 1 aromatic carbocycles. The summed E-state index contributed by atoms with van der Waals surface area (Å²) in [5.41, 5.74) is 1.23. The predicted octanol–water partition coefficient (Wildman–Crippen LogP) is 2.56. The molecule has 1 aliphatic heterocycles. The molecule has 2 rings (SSSR count). The van der Waals surface area contributed by atoms with Gasteiger partial charge in [0.05, 0.1) is 6.10 Å². The van der Waals surface area contributed by atoms with Gasteiger partial charge in [0.1, 0.15) is 0 Å². The van der Waals surface area contributed by atoms with Crippen LogP contribution in [0.25, 0.3) is 0 Å². The fourth-order valence-corrected chi connectivity index (χ4v) is 3.20. The molecule has 106 valence electrons. The Morgan fingerprint density at radius 3 is 2.68 bits per heavy atom. The van der Waals surface area contributed by atoms with Crippen molar-refractivity contribution in [3.8, 4) is 0 Å². The molecule has 2 unspecified atom stereocenters. The summed E-state index contributed by atoms with van der Waals surface area (Å²) in [5.74, 6) is 0. The van der Waals surface area contributed by atoms with Gasteiger partial charge in [-0.2, -0.15) is 0 Å². The van der Waals surface area contributed by atoms with Gasteiger partial charge in [0.25, 0.3) is 0 Å². The first-order valence-electron chi connectivity index (χ1n) is 7.05. The average Bonchev–Trinajstić information content (AvgIpc) is 2.89. The number of nitrogens with zero attached hydrogens (tertiary/aromatic N) is 1. The van der Waals surface area contributed by atoms with Crippen molar-refractivity contribution < 1.29 is 5.11 Å². The summed E-state index contributed by atoms with van der Waals surface area (Å²) in [6.07, 6.45) is 2.25. The van der Waals surface area contributed by atoms with E-state index in [9.17, 15) is 5.11 Å². The molecule has 0 amide bonds. The van der Waals surface area contributed by atoms with Crippen LogP contribution in [0.3, 0.4) is 0 Å². The summed E-state index contributed by atoms with van der Waals surface area (Å²) in [6, 6.07) is 8.45. The lowest BCUT2D eigenvalue weighted by Crippen LogP contribution is -2.37. The van der Waals surface area contributed by atoms with Crippen LogP contribution in [0, 0.1) is 0 Å². The molecule has 0 radical (unpaired) electrons. The van der Waals surface area contributed by atoms with Crippen LogP contribution >= 0.6 is 15.9 Å². The Labute approximate surface area is 124 Å². The maximum atomic E-state index is 10.1. The molecule has 1 heterocycles. The Kier molecular flexibility index (Phi) is 5.82. The molecule has 0 aliphatic carbocycles. The lowest BCUT2D eigenvalue weighted by atomic mass is 10.1. The molecule has 4 heteroatoms. The smallest absolute Gasteiger partial charge is 0.0791 e. The van der Waals surface area contributed by atoms with Crippen LogP contribution in [0.5, 0.6) is 0 Å². The highest BCUT2D eigenvalue weighted by molar-refractivity contribution is 9.10. The number of aliphatic hydroxyl groups excluding tert-OH is 1. The number of β-amino-alcohol motifs (C(OH)–C–C–N with tert-alkyl or cyclic N) is 1. The molecule has 3 nitrogen and oxygen atoms in total. The Hall–Kier alpha value is -0.420. The maximum absolute atomic E-state index is 10.1. The van der Waals surface area contributed by atoms with Crippen molar-refractivity contribution in [2.75, 3.05) is 26.2 Å². The van der Waals surface area contributed by atoms with Gasteiger partial charge in [-0.15, -0.1) is 0 Å². The summed E-state index contributed by atoms with van der Waals surface area (Å²) >= 11 is 3.56. The zero-order valence-corrected chi connectivity index (χ0v) is 13.1. The first-order valence-corrected chi connectivity index (χ1v) is 7.84. The van der Waals surface area contributed by atoms with E-state index in [1.807, 2.05) is 18.2 Å². The largest absolute Gasteiger partial charge is 0.390 e.